The van der Waals surface area contributed by atoms with Gasteiger partial charge in [-0.15, -0.1) is 0 Å². The van der Waals surface area contributed by atoms with Crippen LogP contribution in [0.5, 0.6) is 0 Å². The van der Waals surface area contributed by atoms with Crippen molar-refractivity contribution in [3.8, 4) is 11.1 Å². The van der Waals surface area contributed by atoms with E-state index in [0.29, 0.717) is 5.56 Å². The number of benzene rings is 2. The SMILES string of the molecule is O=Cc1cccc(C=Cc2ccc(-c3ccccc3)cn2)c1. The average Bonchev–Trinajstić information content (AvgIpc) is 2.61. The van der Waals surface area contributed by atoms with E-state index in [1.54, 1.807) is 6.07 Å². The summed E-state index contributed by atoms with van der Waals surface area (Å²) in [6.07, 6.45) is 6.62. The molecule has 1 aromatic heterocycles. The molecule has 2 heteroatoms. The number of hydrogen-bond donors (Lipinski definition) is 0. The third kappa shape index (κ3) is 3.36. The molecule has 0 amide bonds. The van der Waals surface area contributed by atoms with Gasteiger partial charge in [0.2, 0.25) is 0 Å². The lowest BCUT2D eigenvalue weighted by Gasteiger charge is -2.01. The summed E-state index contributed by atoms with van der Waals surface area (Å²) in [6, 6.07) is 21.7. The number of aldehydes is 1. The summed E-state index contributed by atoms with van der Waals surface area (Å²) in [4.78, 5) is 15.2. The lowest BCUT2D eigenvalue weighted by Crippen LogP contribution is -1.83. The molecule has 0 saturated carbocycles. The smallest absolute Gasteiger partial charge is 0.150 e. The first-order chi connectivity index (χ1) is 10.8. The summed E-state index contributed by atoms with van der Waals surface area (Å²) in [5.74, 6) is 0. The van der Waals surface area contributed by atoms with Crippen molar-refractivity contribution in [1.82, 2.24) is 4.98 Å². The Morgan fingerprint density at radius 2 is 1.55 bits per heavy atom. The zero-order chi connectivity index (χ0) is 15.2. The van der Waals surface area contributed by atoms with Crippen molar-refractivity contribution < 1.29 is 4.79 Å². The van der Waals surface area contributed by atoms with Crippen LogP contribution < -0.4 is 0 Å². The standard InChI is InChI=1S/C20H15NO/c22-15-17-6-4-5-16(13-17)9-11-20-12-10-19(14-21-20)18-7-2-1-3-8-18/h1-15H. The first kappa shape index (κ1) is 14.0. The number of carbonyl (C=O) groups excluding carboxylic acids is 1. The van der Waals surface area contributed by atoms with Crippen LogP contribution in [0.4, 0.5) is 0 Å². The van der Waals surface area contributed by atoms with Gasteiger partial charge in [-0.1, -0.05) is 60.7 Å². The van der Waals surface area contributed by atoms with Gasteiger partial charge < -0.3 is 0 Å². The van der Waals surface area contributed by atoms with E-state index in [1.807, 2.05) is 60.8 Å². The molecular weight excluding hydrogens is 270 g/mol. The van der Waals surface area contributed by atoms with Crippen LogP contribution in [-0.4, -0.2) is 11.3 Å². The molecular formula is C20H15NO. The molecule has 1 heterocycles. The fourth-order valence-corrected chi connectivity index (χ4v) is 2.22. The maximum Gasteiger partial charge on any atom is 0.150 e. The van der Waals surface area contributed by atoms with Gasteiger partial charge in [-0.25, -0.2) is 0 Å². The Balaban J connectivity index is 1.78. The molecule has 0 N–H and O–H groups in total. The molecule has 106 valence electrons. The predicted molar refractivity (Wildman–Crippen MR) is 90.4 cm³/mol. The number of pyridine rings is 1. The molecule has 0 bridgehead atoms. The summed E-state index contributed by atoms with van der Waals surface area (Å²) in [7, 11) is 0. The topological polar surface area (TPSA) is 30.0 Å². The molecule has 3 rings (SSSR count). The van der Waals surface area contributed by atoms with E-state index in [0.717, 1.165) is 28.7 Å². The second-order valence-electron chi connectivity index (χ2n) is 4.96. The molecule has 22 heavy (non-hydrogen) atoms. The normalized spacial score (nSPS) is 10.7. The molecule has 3 aromatic rings. The second-order valence-corrected chi connectivity index (χ2v) is 4.96. The Hall–Kier alpha value is -3.00. The minimum absolute atomic E-state index is 0.675. The third-order valence-corrected chi connectivity index (χ3v) is 3.39. The molecule has 0 spiro atoms. The lowest BCUT2D eigenvalue weighted by atomic mass is 10.1. The van der Waals surface area contributed by atoms with E-state index in [9.17, 15) is 4.79 Å². The van der Waals surface area contributed by atoms with Gasteiger partial charge in [0.05, 0.1) is 5.69 Å². The molecule has 0 unspecified atom stereocenters. The van der Waals surface area contributed by atoms with Gasteiger partial charge in [0.25, 0.3) is 0 Å². The Bertz CT molecular complexity index is 789. The Morgan fingerprint density at radius 3 is 2.27 bits per heavy atom. The van der Waals surface area contributed by atoms with E-state index in [2.05, 4.69) is 23.2 Å². The monoisotopic (exact) mass is 285 g/mol. The molecule has 0 radical (unpaired) electrons. The Morgan fingerprint density at radius 1 is 0.727 bits per heavy atom. The summed E-state index contributed by atoms with van der Waals surface area (Å²) < 4.78 is 0. The summed E-state index contributed by atoms with van der Waals surface area (Å²) >= 11 is 0. The maximum atomic E-state index is 10.8. The molecule has 0 aliphatic rings. The largest absolute Gasteiger partial charge is 0.298 e. The fourth-order valence-electron chi connectivity index (χ4n) is 2.22. The van der Waals surface area contributed by atoms with E-state index in [1.165, 1.54) is 0 Å². The van der Waals surface area contributed by atoms with E-state index in [-0.39, 0.29) is 0 Å². The van der Waals surface area contributed by atoms with Crippen LogP contribution in [0.15, 0.2) is 72.9 Å². The number of rotatable bonds is 4. The van der Waals surface area contributed by atoms with Gasteiger partial charge in [0, 0.05) is 17.3 Å². The van der Waals surface area contributed by atoms with Crippen LogP contribution in [0, 0.1) is 0 Å². The third-order valence-electron chi connectivity index (χ3n) is 3.39. The molecule has 0 atom stereocenters. The van der Waals surface area contributed by atoms with Gasteiger partial charge in [-0.05, 0) is 29.3 Å². The second kappa shape index (κ2) is 6.64. The van der Waals surface area contributed by atoms with E-state index < -0.39 is 0 Å². The highest BCUT2D eigenvalue weighted by Crippen LogP contribution is 2.18. The maximum absolute atomic E-state index is 10.8. The van der Waals surface area contributed by atoms with Crippen LogP contribution in [-0.2, 0) is 0 Å². The highest BCUT2D eigenvalue weighted by atomic mass is 16.1. The minimum atomic E-state index is 0.675. The fraction of sp³-hybridized carbons (Fsp3) is 0. The minimum Gasteiger partial charge on any atom is -0.298 e. The molecule has 2 aromatic carbocycles. The number of nitrogens with zero attached hydrogens (tertiary/aromatic N) is 1. The zero-order valence-electron chi connectivity index (χ0n) is 12.0. The van der Waals surface area contributed by atoms with Crippen molar-refractivity contribution in [3.63, 3.8) is 0 Å². The van der Waals surface area contributed by atoms with Gasteiger partial charge in [0.1, 0.15) is 6.29 Å². The molecule has 0 fully saturated rings. The van der Waals surface area contributed by atoms with Crippen molar-refractivity contribution in [1.29, 1.82) is 0 Å². The summed E-state index contributed by atoms with van der Waals surface area (Å²) in [6.45, 7) is 0. The summed E-state index contributed by atoms with van der Waals surface area (Å²) in [5, 5.41) is 0. The zero-order valence-corrected chi connectivity index (χ0v) is 12.0. The Labute approximate surface area is 129 Å². The highest BCUT2D eigenvalue weighted by molar-refractivity contribution is 5.78. The number of hydrogen-bond acceptors (Lipinski definition) is 2. The quantitative estimate of drug-likeness (QED) is 0.648. The van der Waals surface area contributed by atoms with Crippen molar-refractivity contribution in [3.05, 3.63) is 89.7 Å². The Kier molecular flexibility index (Phi) is 4.21. The first-order valence-electron chi connectivity index (χ1n) is 7.10. The van der Waals surface area contributed by atoms with Crippen molar-refractivity contribution in [2.45, 2.75) is 0 Å². The van der Waals surface area contributed by atoms with Crippen LogP contribution in [0.2, 0.25) is 0 Å². The van der Waals surface area contributed by atoms with E-state index >= 15 is 0 Å². The van der Waals surface area contributed by atoms with E-state index in [4.69, 9.17) is 0 Å². The van der Waals surface area contributed by atoms with Crippen LogP contribution in [0.25, 0.3) is 23.3 Å². The highest BCUT2D eigenvalue weighted by Gasteiger charge is 1.97. The van der Waals surface area contributed by atoms with Crippen molar-refractivity contribution >= 4 is 18.4 Å². The lowest BCUT2D eigenvalue weighted by molar-refractivity contribution is 0.112. The van der Waals surface area contributed by atoms with Crippen LogP contribution >= 0.6 is 0 Å². The molecule has 0 aliphatic carbocycles. The summed E-state index contributed by atoms with van der Waals surface area (Å²) in [5.41, 5.74) is 4.80. The van der Waals surface area contributed by atoms with Gasteiger partial charge in [-0.3, -0.25) is 9.78 Å². The molecule has 0 aliphatic heterocycles. The molecule has 2 nitrogen and oxygen atoms in total. The number of carbonyl (C=O) groups is 1. The van der Waals surface area contributed by atoms with Crippen LogP contribution in [0.3, 0.4) is 0 Å². The first-order valence-corrected chi connectivity index (χ1v) is 7.10. The molecule has 0 saturated heterocycles. The van der Waals surface area contributed by atoms with Crippen LogP contribution in [0.1, 0.15) is 21.6 Å². The number of aromatic nitrogens is 1. The van der Waals surface area contributed by atoms with Crippen molar-refractivity contribution in [2.24, 2.45) is 0 Å². The van der Waals surface area contributed by atoms with Gasteiger partial charge in [0.15, 0.2) is 0 Å². The van der Waals surface area contributed by atoms with Crippen molar-refractivity contribution in [2.75, 3.05) is 0 Å². The average molecular weight is 285 g/mol. The van der Waals surface area contributed by atoms with Gasteiger partial charge in [-0.2, -0.15) is 0 Å². The predicted octanol–water partition coefficient (Wildman–Crippen LogP) is 4.73. The van der Waals surface area contributed by atoms with Gasteiger partial charge >= 0.3 is 0 Å².